The lowest BCUT2D eigenvalue weighted by atomic mass is 10.1. The summed E-state index contributed by atoms with van der Waals surface area (Å²) in [5, 5.41) is 13.0. The Bertz CT molecular complexity index is 965. The highest BCUT2D eigenvalue weighted by Gasteiger charge is 2.19. The van der Waals surface area contributed by atoms with Crippen LogP contribution in [-0.4, -0.2) is 22.0 Å². The number of carbonyl (C=O) groups is 2. The van der Waals surface area contributed by atoms with Crippen molar-refractivity contribution in [3.63, 3.8) is 0 Å². The first-order valence-corrected chi connectivity index (χ1v) is 8.12. The Labute approximate surface area is 144 Å². The molecule has 0 saturated heterocycles. The number of fused-ring (bicyclic) bond motifs is 1. The summed E-state index contributed by atoms with van der Waals surface area (Å²) in [6, 6.07) is 7.25. The quantitative estimate of drug-likeness (QED) is 0.661. The Kier molecular flexibility index (Phi) is 4.35. The molecule has 2 aromatic heterocycles. The number of aryl methyl sites for hydroxylation is 3. The van der Waals surface area contributed by atoms with Gasteiger partial charge in [0.25, 0.3) is 5.91 Å². The highest BCUT2D eigenvalue weighted by Crippen LogP contribution is 2.22. The Morgan fingerprint density at radius 2 is 2.00 bits per heavy atom. The Balaban J connectivity index is 1.76. The topological polar surface area (TPSA) is 95.3 Å². The van der Waals surface area contributed by atoms with Crippen LogP contribution in [0.2, 0.25) is 0 Å². The first-order valence-electron chi connectivity index (χ1n) is 8.12. The van der Waals surface area contributed by atoms with E-state index < -0.39 is 11.9 Å². The monoisotopic (exact) mass is 340 g/mol. The molecule has 6 heteroatoms. The molecule has 0 unspecified atom stereocenters. The summed E-state index contributed by atoms with van der Waals surface area (Å²) in [4.78, 5) is 26.7. The van der Waals surface area contributed by atoms with Crippen molar-refractivity contribution in [2.45, 2.75) is 33.7 Å². The number of carboxylic acids is 1. The van der Waals surface area contributed by atoms with Crippen LogP contribution in [0.1, 0.15) is 50.4 Å². The Morgan fingerprint density at radius 1 is 1.24 bits per heavy atom. The molecule has 0 fully saturated rings. The molecule has 130 valence electrons. The van der Waals surface area contributed by atoms with Gasteiger partial charge in [0, 0.05) is 35.6 Å². The minimum atomic E-state index is -1.09. The number of aromatic amines is 1. The average Bonchev–Trinajstić information content (AvgIpc) is 3.15. The summed E-state index contributed by atoms with van der Waals surface area (Å²) in [5.41, 5.74) is 4.37. The van der Waals surface area contributed by atoms with E-state index in [1.165, 1.54) is 11.6 Å². The fourth-order valence-electron chi connectivity index (χ4n) is 2.87. The molecule has 0 aliphatic carbocycles. The van der Waals surface area contributed by atoms with Gasteiger partial charge in [-0.25, -0.2) is 4.79 Å². The van der Waals surface area contributed by atoms with Crippen molar-refractivity contribution < 1.29 is 19.1 Å². The molecule has 2 heterocycles. The van der Waals surface area contributed by atoms with E-state index in [0.717, 1.165) is 22.2 Å². The summed E-state index contributed by atoms with van der Waals surface area (Å²) in [6.45, 7) is 6.20. The number of hydrogen-bond acceptors (Lipinski definition) is 3. The maximum Gasteiger partial charge on any atom is 0.339 e. The first kappa shape index (κ1) is 16.8. The number of hydrogen-bond donors (Lipinski definition) is 3. The number of furan rings is 1. The van der Waals surface area contributed by atoms with Gasteiger partial charge >= 0.3 is 5.97 Å². The van der Waals surface area contributed by atoms with Gasteiger partial charge in [-0.3, -0.25) is 4.79 Å². The normalized spacial score (nSPS) is 11.0. The van der Waals surface area contributed by atoms with Crippen molar-refractivity contribution in [2.75, 3.05) is 0 Å². The van der Waals surface area contributed by atoms with Gasteiger partial charge in [0.05, 0.1) is 0 Å². The van der Waals surface area contributed by atoms with Gasteiger partial charge in [-0.1, -0.05) is 13.0 Å². The number of carboxylic acid groups (broad SMARTS) is 1. The smallest absolute Gasteiger partial charge is 0.339 e. The molecule has 1 aromatic carbocycles. The summed E-state index contributed by atoms with van der Waals surface area (Å²) >= 11 is 0. The average molecular weight is 340 g/mol. The second-order valence-electron chi connectivity index (χ2n) is 6.04. The second kappa shape index (κ2) is 6.47. The summed E-state index contributed by atoms with van der Waals surface area (Å²) < 4.78 is 5.37. The van der Waals surface area contributed by atoms with Gasteiger partial charge < -0.3 is 19.8 Å². The van der Waals surface area contributed by atoms with Crippen molar-refractivity contribution >= 4 is 22.8 Å². The molecule has 0 saturated carbocycles. The fraction of sp³-hybridized carbons (Fsp3) is 0.263. The lowest BCUT2D eigenvalue weighted by molar-refractivity contribution is 0.0694. The number of carbonyl (C=O) groups excluding carboxylic acids is 1. The highest BCUT2D eigenvalue weighted by atomic mass is 16.4. The summed E-state index contributed by atoms with van der Waals surface area (Å²) in [5.74, 6) is -1.20. The molecule has 6 nitrogen and oxygen atoms in total. The molecule has 3 rings (SSSR count). The zero-order chi connectivity index (χ0) is 18.1. The van der Waals surface area contributed by atoms with Crippen LogP contribution in [0.3, 0.4) is 0 Å². The van der Waals surface area contributed by atoms with Gasteiger partial charge in [0.1, 0.15) is 11.3 Å². The van der Waals surface area contributed by atoms with Crippen molar-refractivity contribution in [3.8, 4) is 0 Å². The van der Waals surface area contributed by atoms with Crippen LogP contribution in [0.25, 0.3) is 10.9 Å². The molecular weight excluding hydrogens is 320 g/mol. The standard InChI is InChI=1S/C19H20N2O4/c1-4-16-14(19(23)24)8-17(25-16)18(22)20-9-12-5-6-15-13(7-12)10(2)11(3)21-15/h5-8,21H,4,9H2,1-3H3,(H,20,22)(H,23,24). The van der Waals surface area contributed by atoms with Gasteiger partial charge in [-0.05, 0) is 37.1 Å². The van der Waals surface area contributed by atoms with E-state index >= 15 is 0 Å². The maximum atomic E-state index is 12.3. The molecule has 0 aliphatic rings. The van der Waals surface area contributed by atoms with E-state index in [4.69, 9.17) is 9.52 Å². The molecule has 0 bridgehead atoms. The fourth-order valence-corrected chi connectivity index (χ4v) is 2.87. The Hall–Kier alpha value is -3.02. The van der Waals surface area contributed by atoms with E-state index in [2.05, 4.69) is 17.2 Å². The van der Waals surface area contributed by atoms with Crippen molar-refractivity contribution in [2.24, 2.45) is 0 Å². The minimum Gasteiger partial charge on any atom is -0.478 e. The number of rotatable bonds is 5. The third kappa shape index (κ3) is 3.15. The number of nitrogens with one attached hydrogen (secondary N) is 2. The predicted octanol–water partition coefficient (Wildman–Crippen LogP) is 3.57. The second-order valence-corrected chi connectivity index (χ2v) is 6.04. The molecule has 1 amide bonds. The number of H-pyrrole nitrogens is 1. The van der Waals surface area contributed by atoms with Crippen LogP contribution >= 0.6 is 0 Å². The Morgan fingerprint density at radius 3 is 2.64 bits per heavy atom. The van der Waals surface area contributed by atoms with Crippen LogP contribution in [0.4, 0.5) is 0 Å². The van der Waals surface area contributed by atoms with Crippen LogP contribution in [0, 0.1) is 13.8 Å². The van der Waals surface area contributed by atoms with E-state index in [-0.39, 0.29) is 11.3 Å². The first-order chi connectivity index (χ1) is 11.9. The zero-order valence-electron chi connectivity index (χ0n) is 14.4. The molecule has 0 spiro atoms. The molecular formula is C19H20N2O4. The molecule has 0 radical (unpaired) electrons. The number of benzene rings is 1. The molecule has 25 heavy (non-hydrogen) atoms. The van der Waals surface area contributed by atoms with Crippen molar-refractivity contribution in [1.29, 1.82) is 0 Å². The number of amides is 1. The predicted molar refractivity (Wildman–Crippen MR) is 94.0 cm³/mol. The van der Waals surface area contributed by atoms with Gasteiger partial charge in [0.2, 0.25) is 0 Å². The van der Waals surface area contributed by atoms with Crippen LogP contribution in [0.5, 0.6) is 0 Å². The SMILES string of the molecule is CCc1oc(C(=O)NCc2ccc3[nH]c(C)c(C)c3c2)cc1C(=O)O. The van der Waals surface area contributed by atoms with E-state index in [9.17, 15) is 9.59 Å². The highest BCUT2D eigenvalue weighted by molar-refractivity contribution is 5.96. The van der Waals surface area contributed by atoms with Crippen LogP contribution in [0.15, 0.2) is 28.7 Å². The van der Waals surface area contributed by atoms with Gasteiger partial charge in [-0.15, -0.1) is 0 Å². The summed E-state index contributed by atoms with van der Waals surface area (Å²) in [6.07, 6.45) is 0.414. The van der Waals surface area contributed by atoms with Gasteiger partial charge in [-0.2, -0.15) is 0 Å². The maximum absolute atomic E-state index is 12.3. The number of aromatic carboxylic acids is 1. The largest absolute Gasteiger partial charge is 0.478 e. The minimum absolute atomic E-state index is 0.0176. The van der Waals surface area contributed by atoms with E-state index in [0.29, 0.717) is 18.7 Å². The van der Waals surface area contributed by atoms with Crippen molar-refractivity contribution in [1.82, 2.24) is 10.3 Å². The third-order valence-electron chi connectivity index (χ3n) is 4.41. The zero-order valence-corrected chi connectivity index (χ0v) is 14.4. The molecule has 3 aromatic rings. The van der Waals surface area contributed by atoms with Crippen LogP contribution in [-0.2, 0) is 13.0 Å². The lowest BCUT2D eigenvalue weighted by Gasteiger charge is -2.04. The molecule has 0 atom stereocenters. The van der Waals surface area contributed by atoms with Gasteiger partial charge in [0.15, 0.2) is 5.76 Å². The molecule has 3 N–H and O–H groups in total. The lowest BCUT2D eigenvalue weighted by Crippen LogP contribution is -2.22. The van der Waals surface area contributed by atoms with Crippen LogP contribution < -0.4 is 5.32 Å². The summed E-state index contributed by atoms with van der Waals surface area (Å²) in [7, 11) is 0. The third-order valence-corrected chi connectivity index (χ3v) is 4.41. The molecule has 0 aliphatic heterocycles. The van der Waals surface area contributed by atoms with Crippen molar-refractivity contribution in [3.05, 3.63) is 58.2 Å². The van der Waals surface area contributed by atoms with E-state index in [1.807, 2.05) is 25.1 Å². The van der Waals surface area contributed by atoms with E-state index in [1.54, 1.807) is 6.92 Å². The number of aromatic nitrogens is 1.